The first-order valence-corrected chi connectivity index (χ1v) is 6.67. The van der Waals surface area contributed by atoms with E-state index in [2.05, 4.69) is 10.1 Å². The molecule has 0 atom stereocenters. The van der Waals surface area contributed by atoms with Crippen LogP contribution < -0.4 is 5.73 Å². The molecule has 3 rings (SSSR count). The van der Waals surface area contributed by atoms with Crippen LogP contribution in [0.4, 0.5) is 5.82 Å². The van der Waals surface area contributed by atoms with E-state index in [9.17, 15) is 0 Å². The molecule has 0 aliphatic heterocycles. The van der Waals surface area contributed by atoms with Crippen LogP contribution in [0, 0.1) is 6.92 Å². The predicted molar refractivity (Wildman–Crippen MR) is 70.1 cm³/mol. The van der Waals surface area contributed by atoms with Gasteiger partial charge in [0.2, 0.25) is 0 Å². The lowest BCUT2D eigenvalue weighted by Crippen LogP contribution is -1.86. The molecule has 0 bridgehead atoms. The minimum atomic E-state index is 0.425. The zero-order valence-corrected chi connectivity index (χ0v) is 10.6. The average Bonchev–Trinajstić information content (AvgIpc) is 2.97. The fourth-order valence-electron chi connectivity index (χ4n) is 1.60. The van der Waals surface area contributed by atoms with Gasteiger partial charge in [-0.25, -0.2) is 4.98 Å². The van der Waals surface area contributed by atoms with Crippen molar-refractivity contribution in [3.05, 3.63) is 28.7 Å². The number of nitrogen functional groups attached to an aromatic ring is 1. The van der Waals surface area contributed by atoms with Gasteiger partial charge in [-0.1, -0.05) is 11.2 Å². The summed E-state index contributed by atoms with van der Waals surface area (Å²) in [7, 11) is 0. The molecule has 0 aliphatic rings. The van der Waals surface area contributed by atoms with Crippen molar-refractivity contribution in [1.82, 2.24) is 10.1 Å². The molecule has 3 aromatic heterocycles. The van der Waals surface area contributed by atoms with E-state index in [4.69, 9.17) is 10.3 Å². The Kier molecular flexibility index (Phi) is 2.45. The van der Waals surface area contributed by atoms with Crippen LogP contribution in [0.15, 0.2) is 28.2 Å². The molecule has 0 saturated heterocycles. The van der Waals surface area contributed by atoms with Crippen molar-refractivity contribution in [2.45, 2.75) is 6.92 Å². The van der Waals surface area contributed by atoms with E-state index in [1.807, 2.05) is 24.4 Å². The number of nitrogens with zero attached hydrogens (tertiary/aromatic N) is 2. The summed E-state index contributed by atoms with van der Waals surface area (Å²) in [5, 5.41) is 6.84. The van der Waals surface area contributed by atoms with Gasteiger partial charge in [0.15, 0.2) is 11.6 Å². The summed E-state index contributed by atoms with van der Waals surface area (Å²) >= 11 is 3.18. The Labute approximate surface area is 106 Å². The van der Waals surface area contributed by atoms with E-state index in [0.717, 1.165) is 20.3 Å². The number of hydrogen-bond donors (Lipinski definition) is 1. The first kappa shape index (κ1) is 10.5. The van der Waals surface area contributed by atoms with Gasteiger partial charge in [-0.15, -0.1) is 22.7 Å². The zero-order valence-electron chi connectivity index (χ0n) is 9.01. The molecule has 6 heteroatoms. The van der Waals surface area contributed by atoms with Gasteiger partial charge in [0.05, 0.1) is 15.4 Å². The normalized spacial score (nSPS) is 10.9. The molecule has 3 heterocycles. The van der Waals surface area contributed by atoms with Crippen LogP contribution in [0.25, 0.3) is 21.1 Å². The minimum absolute atomic E-state index is 0.425. The lowest BCUT2D eigenvalue weighted by atomic mass is 10.2. The molecular formula is C11H9N3OS2. The summed E-state index contributed by atoms with van der Waals surface area (Å²) in [6.45, 7) is 1.96. The smallest absolute Gasteiger partial charge is 0.189 e. The van der Waals surface area contributed by atoms with Crippen molar-refractivity contribution in [2.75, 3.05) is 5.73 Å². The van der Waals surface area contributed by atoms with Crippen LogP contribution in [0.2, 0.25) is 0 Å². The van der Waals surface area contributed by atoms with Crippen LogP contribution in [0.3, 0.4) is 0 Å². The van der Waals surface area contributed by atoms with E-state index in [-0.39, 0.29) is 0 Å². The summed E-state index contributed by atoms with van der Waals surface area (Å²) in [5.74, 6) is 1.13. The lowest BCUT2D eigenvalue weighted by molar-refractivity contribution is 0.437. The minimum Gasteiger partial charge on any atom is -0.380 e. The van der Waals surface area contributed by atoms with Crippen molar-refractivity contribution in [2.24, 2.45) is 0 Å². The molecule has 17 heavy (non-hydrogen) atoms. The van der Waals surface area contributed by atoms with Crippen molar-refractivity contribution in [3.63, 3.8) is 0 Å². The summed E-state index contributed by atoms with van der Waals surface area (Å²) in [4.78, 5) is 6.23. The van der Waals surface area contributed by atoms with E-state index >= 15 is 0 Å². The van der Waals surface area contributed by atoms with Crippen molar-refractivity contribution < 1.29 is 4.52 Å². The van der Waals surface area contributed by atoms with Crippen molar-refractivity contribution >= 4 is 28.5 Å². The summed E-state index contributed by atoms with van der Waals surface area (Å²) in [5.41, 5.74) is 6.73. The second-order valence-electron chi connectivity index (χ2n) is 3.49. The summed E-state index contributed by atoms with van der Waals surface area (Å²) < 4.78 is 5.32. The van der Waals surface area contributed by atoms with E-state index in [0.29, 0.717) is 11.6 Å². The van der Waals surface area contributed by atoms with Gasteiger partial charge in [-0.2, -0.15) is 0 Å². The Balaban J connectivity index is 2.19. The lowest BCUT2D eigenvalue weighted by Gasteiger charge is -1.95. The number of aryl methyl sites for hydroxylation is 1. The highest BCUT2D eigenvalue weighted by atomic mass is 32.1. The molecule has 0 unspecified atom stereocenters. The number of rotatable bonds is 2. The summed E-state index contributed by atoms with van der Waals surface area (Å²) in [6.07, 6.45) is 1.79. The van der Waals surface area contributed by atoms with Gasteiger partial charge in [-0.05, 0) is 18.4 Å². The topological polar surface area (TPSA) is 64.9 Å². The third-order valence-corrected chi connectivity index (χ3v) is 4.13. The predicted octanol–water partition coefficient (Wildman–Crippen LogP) is 3.42. The molecule has 0 spiro atoms. The highest BCUT2D eigenvalue weighted by Gasteiger charge is 2.19. The average molecular weight is 263 g/mol. The van der Waals surface area contributed by atoms with Gasteiger partial charge in [0.25, 0.3) is 0 Å². The van der Waals surface area contributed by atoms with Crippen molar-refractivity contribution in [3.8, 4) is 21.1 Å². The fraction of sp³-hybridized carbons (Fsp3) is 0.0909. The number of thiazole rings is 1. The first-order chi connectivity index (χ1) is 8.25. The SMILES string of the molecule is Cc1ncc(-c2onc(N)c2-c2cccs2)s1. The number of hydrogen-bond acceptors (Lipinski definition) is 6. The maximum absolute atomic E-state index is 5.86. The second-order valence-corrected chi connectivity index (χ2v) is 5.68. The third-order valence-electron chi connectivity index (χ3n) is 2.33. The zero-order chi connectivity index (χ0) is 11.8. The number of aromatic nitrogens is 2. The highest BCUT2D eigenvalue weighted by molar-refractivity contribution is 7.15. The van der Waals surface area contributed by atoms with E-state index in [1.54, 1.807) is 28.9 Å². The van der Waals surface area contributed by atoms with E-state index in [1.165, 1.54) is 0 Å². The van der Waals surface area contributed by atoms with Gasteiger partial charge in [0, 0.05) is 11.1 Å². The Morgan fingerprint density at radius 2 is 2.24 bits per heavy atom. The van der Waals surface area contributed by atoms with Gasteiger partial charge >= 0.3 is 0 Å². The van der Waals surface area contributed by atoms with E-state index < -0.39 is 0 Å². The summed E-state index contributed by atoms with van der Waals surface area (Å²) in [6, 6.07) is 3.99. The monoisotopic (exact) mass is 263 g/mol. The standard InChI is InChI=1S/C11H9N3OS2/c1-6-13-5-8(17-6)10-9(11(12)14-15-10)7-3-2-4-16-7/h2-5H,1H3,(H2,12,14). The number of thiophene rings is 1. The molecule has 0 fully saturated rings. The van der Waals surface area contributed by atoms with Crippen LogP contribution in [0.1, 0.15) is 5.01 Å². The molecule has 0 aliphatic carbocycles. The molecule has 0 amide bonds. The third kappa shape index (κ3) is 1.75. The van der Waals surface area contributed by atoms with Crippen LogP contribution in [0.5, 0.6) is 0 Å². The molecule has 2 N–H and O–H groups in total. The highest BCUT2D eigenvalue weighted by Crippen LogP contribution is 2.40. The van der Waals surface area contributed by atoms with Crippen molar-refractivity contribution in [1.29, 1.82) is 0 Å². The van der Waals surface area contributed by atoms with Crippen LogP contribution in [-0.2, 0) is 0 Å². The number of anilines is 1. The Hall–Kier alpha value is -1.66. The molecule has 0 saturated carbocycles. The van der Waals surface area contributed by atoms with Crippen LogP contribution >= 0.6 is 22.7 Å². The van der Waals surface area contributed by atoms with Gasteiger partial charge in [-0.3, -0.25) is 0 Å². The molecule has 4 nitrogen and oxygen atoms in total. The number of nitrogens with two attached hydrogens (primary N) is 1. The molecule has 0 radical (unpaired) electrons. The van der Waals surface area contributed by atoms with Gasteiger partial charge in [0.1, 0.15) is 0 Å². The molecule has 0 aromatic carbocycles. The maximum Gasteiger partial charge on any atom is 0.189 e. The van der Waals surface area contributed by atoms with Crippen LogP contribution in [-0.4, -0.2) is 10.1 Å². The molecule has 3 aromatic rings. The largest absolute Gasteiger partial charge is 0.380 e. The Morgan fingerprint density at radius 1 is 1.35 bits per heavy atom. The maximum atomic E-state index is 5.86. The molecular weight excluding hydrogens is 254 g/mol. The quantitative estimate of drug-likeness (QED) is 0.769. The Morgan fingerprint density at radius 3 is 2.88 bits per heavy atom. The molecule has 86 valence electrons. The Bertz CT molecular complexity index is 640. The van der Waals surface area contributed by atoms with Gasteiger partial charge < -0.3 is 10.3 Å². The second kappa shape index (κ2) is 3.97. The fourth-order valence-corrected chi connectivity index (χ4v) is 3.13. The first-order valence-electron chi connectivity index (χ1n) is 4.97.